The average molecular weight is 433 g/mol. The molecule has 0 saturated carbocycles. The Hall–Kier alpha value is -1.95. The zero-order valence-electron chi connectivity index (χ0n) is 15.1. The van der Waals surface area contributed by atoms with Crippen molar-refractivity contribution in [2.24, 2.45) is 5.92 Å². The first-order valence-electron chi connectivity index (χ1n) is 9.26. The maximum Gasteiger partial charge on any atom is 0.256 e. The molecule has 0 radical (unpaired) electrons. The molecular weight excluding hydrogens is 415 g/mol. The summed E-state index contributed by atoms with van der Waals surface area (Å²) in [5.74, 6) is 1.91. The molecule has 144 valence electrons. The van der Waals surface area contributed by atoms with E-state index in [9.17, 15) is 4.79 Å². The van der Waals surface area contributed by atoms with E-state index in [2.05, 4.69) is 17.6 Å². The number of carbonyl (C=O) groups is 1. The van der Waals surface area contributed by atoms with Crippen molar-refractivity contribution in [1.29, 1.82) is 0 Å². The van der Waals surface area contributed by atoms with Gasteiger partial charge in [-0.25, -0.2) is 0 Å². The van der Waals surface area contributed by atoms with Crippen molar-refractivity contribution in [2.45, 2.75) is 32.4 Å². The second kappa shape index (κ2) is 6.83. The lowest BCUT2D eigenvalue weighted by Gasteiger charge is -2.25. The SMILES string of the molecule is C[C@H]1CCc2c(sc3c2C(=O)N[C@@H](c2ccc(-c4ccc(Cl)cc4Cl)o2)N3)C1. The van der Waals surface area contributed by atoms with Crippen LogP contribution < -0.4 is 10.6 Å². The van der Waals surface area contributed by atoms with Gasteiger partial charge in [0.15, 0.2) is 6.17 Å². The standard InChI is InChI=1S/C21H18Cl2N2O2S/c1-10-2-4-13-17(8-10)28-21-18(13)20(26)24-19(25-21)16-7-6-15(27-16)12-5-3-11(22)9-14(12)23/h3,5-7,9-10,19,25H,2,4,8H2,1H3,(H,24,26)/t10-,19+/m0/s1. The van der Waals surface area contributed by atoms with E-state index >= 15 is 0 Å². The molecule has 2 aromatic heterocycles. The summed E-state index contributed by atoms with van der Waals surface area (Å²) in [6.07, 6.45) is 2.75. The zero-order chi connectivity index (χ0) is 19.4. The van der Waals surface area contributed by atoms with E-state index in [0.717, 1.165) is 35.4 Å². The lowest BCUT2D eigenvalue weighted by molar-refractivity contribution is 0.0930. The fourth-order valence-electron chi connectivity index (χ4n) is 3.95. The number of anilines is 1. The molecule has 1 aliphatic heterocycles. The monoisotopic (exact) mass is 432 g/mol. The third kappa shape index (κ3) is 3.02. The first kappa shape index (κ1) is 18.1. The van der Waals surface area contributed by atoms with Crippen LogP contribution in [0.4, 0.5) is 5.00 Å². The van der Waals surface area contributed by atoms with Crippen molar-refractivity contribution >= 4 is 45.4 Å². The third-order valence-corrected chi connectivity index (χ3v) is 7.13. The Bertz CT molecular complexity index is 1090. The van der Waals surface area contributed by atoms with Crippen LogP contribution in [0.3, 0.4) is 0 Å². The van der Waals surface area contributed by atoms with E-state index in [4.69, 9.17) is 27.6 Å². The first-order chi connectivity index (χ1) is 13.5. The van der Waals surface area contributed by atoms with Gasteiger partial charge in [0.25, 0.3) is 5.91 Å². The summed E-state index contributed by atoms with van der Waals surface area (Å²) in [5, 5.41) is 8.52. The molecule has 0 unspecified atom stereocenters. The fraction of sp³-hybridized carbons (Fsp3) is 0.286. The minimum absolute atomic E-state index is 0.0340. The minimum Gasteiger partial charge on any atom is -0.457 e. The molecule has 1 amide bonds. The van der Waals surface area contributed by atoms with Crippen LogP contribution in [0.25, 0.3) is 11.3 Å². The van der Waals surface area contributed by atoms with Gasteiger partial charge < -0.3 is 15.1 Å². The van der Waals surface area contributed by atoms with Gasteiger partial charge in [-0.05, 0) is 61.1 Å². The second-order valence-electron chi connectivity index (χ2n) is 7.43. The number of thiophene rings is 1. The van der Waals surface area contributed by atoms with E-state index in [1.54, 1.807) is 23.5 Å². The summed E-state index contributed by atoms with van der Waals surface area (Å²) in [7, 11) is 0. The van der Waals surface area contributed by atoms with Gasteiger partial charge >= 0.3 is 0 Å². The number of furan rings is 1. The highest BCUT2D eigenvalue weighted by Crippen LogP contribution is 2.43. The average Bonchev–Trinajstić information content (AvgIpc) is 3.25. The Labute approximate surface area is 176 Å². The molecule has 2 aliphatic rings. The molecule has 1 aliphatic carbocycles. The van der Waals surface area contributed by atoms with Gasteiger partial charge in [-0.1, -0.05) is 30.1 Å². The van der Waals surface area contributed by atoms with Crippen molar-refractivity contribution in [3.8, 4) is 11.3 Å². The van der Waals surface area contributed by atoms with Crippen molar-refractivity contribution in [3.05, 3.63) is 62.1 Å². The summed E-state index contributed by atoms with van der Waals surface area (Å²) in [6, 6.07) is 9.00. The van der Waals surface area contributed by atoms with Gasteiger partial charge in [0.05, 0.1) is 10.6 Å². The van der Waals surface area contributed by atoms with Crippen molar-refractivity contribution in [3.63, 3.8) is 0 Å². The Kier molecular flexibility index (Phi) is 4.42. The fourth-order valence-corrected chi connectivity index (χ4v) is 5.89. The Morgan fingerprint density at radius 3 is 2.86 bits per heavy atom. The molecule has 0 spiro atoms. The number of halogens is 2. The molecule has 1 aromatic carbocycles. The maximum absolute atomic E-state index is 12.8. The molecule has 0 saturated heterocycles. The molecule has 7 heteroatoms. The highest BCUT2D eigenvalue weighted by molar-refractivity contribution is 7.16. The molecule has 4 nitrogen and oxygen atoms in total. The van der Waals surface area contributed by atoms with Crippen LogP contribution in [-0.4, -0.2) is 5.91 Å². The molecule has 5 rings (SSSR count). The second-order valence-corrected chi connectivity index (χ2v) is 9.38. The van der Waals surface area contributed by atoms with E-state index in [1.807, 2.05) is 18.2 Å². The molecule has 0 fully saturated rings. The molecular formula is C21H18Cl2N2O2S. The first-order valence-corrected chi connectivity index (χ1v) is 10.8. The predicted molar refractivity (Wildman–Crippen MR) is 114 cm³/mol. The van der Waals surface area contributed by atoms with Crippen LogP contribution in [0.15, 0.2) is 34.7 Å². The lowest BCUT2D eigenvalue weighted by Crippen LogP contribution is -2.38. The number of hydrogen-bond acceptors (Lipinski definition) is 4. The van der Waals surface area contributed by atoms with E-state index < -0.39 is 6.17 Å². The topological polar surface area (TPSA) is 54.3 Å². The quantitative estimate of drug-likeness (QED) is 0.499. The van der Waals surface area contributed by atoms with Gasteiger partial charge in [0.1, 0.15) is 16.5 Å². The highest BCUT2D eigenvalue weighted by atomic mass is 35.5. The number of nitrogens with one attached hydrogen (secondary N) is 2. The Balaban J connectivity index is 1.45. The van der Waals surface area contributed by atoms with E-state index in [1.165, 1.54) is 10.4 Å². The normalized spacial score (nSPS) is 20.9. The number of fused-ring (bicyclic) bond motifs is 3. The van der Waals surface area contributed by atoms with Crippen LogP contribution in [-0.2, 0) is 12.8 Å². The van der Waals surface area contributed by atoms with Crippen molar-refractivity contribution in [2.75, 3.05) is 5.32 Å². The van der Waals surface area contributed by atoms with E-state index in [-0.39, 0.29) is 5.91 Å². The maximum atomic E-state index is 12.8. The third-order valence-electron chi connectivity index (χ3n) is 5.40. The molecule has 3 heterocycles. The van der Waals surface area contributed by atoms with Gasteiger partial charge in [-0.3, -0.25) is 4.79 Å². The van der Waals surface area contributed by atoms with Gasteiger partial charge in [0.2, 0.25) is 0 Å². The smallest absolute Gasteiger partial charge is 0.256 e. The predicted octanol–water partition coefficient (Wildman–Crippen LogP) is 6.29. The van der Waals surface area contributed by atoms with Crippen molar-refractivity contribution < 1.29 is 9.21 Å². The Morgan fingerprint density at radius 1 is 1.18 bits per heavy atom. The highest BCUT2D eigenvalue weighted by Gasteiger charge is 2.34. The van der Waals surface area contributed by atoms with Gasteiger partial charge in [-0.2, -0.15) is 0 Å². The number of carbonyl (C=O) groups excluding carboxylic acids is 1. The summed E-state index contributed by atoms with van der Waals surface area (Å²) in [6.45, 7) is 2.27. The summed E-state index contributed by atoms with van der Waals surface area (Å²) >= 11 is 14.0. The largest absolute Gasteiger partial charge is 0.457 e. The number of benzene rings is 1. The molecule has 0 bridgehead atoms. The van der Waals surface area contributed by atoms with Crippen LogP contribution in [0, 0.1) is 5.92 Å². The van der Waals surface area contributed by atoms with Gasteiger partial charge in [0, 0.05) is 15.5 Å². The Morgan fingerprint density at radius 2 is 2.04 bits per heavy atom. The molecule has 3 aromatic rings. The zero-order valence-corrected chi connectivity index (χ0v) is 17.5. The lowest BCUT2D eigenvalue weighted by atomic mass is 9.88. The number of hydrogen-bond donors (Lipinski definition) is 2. The molecule has 2 N–H and O–H groups in total. The van der Waals surface area contributed by atoms with Crippen LogP contribution >= 0.6 is 34.5 Å². The molecule has 2 atom stereocenters. The number of amides is 1. The van der Waals surface area contributed by atoms with Crippen LogP contribution in [0.2, 0.25) is 10.0 Å². The van der Waals surface area contributed by atoms with Crippen LogP contribution in [0.5, 0.6) is 0 Å². The summed E-state index contributed by atoms with van der Waals surface area (Å²) in [5.41, 5.74) is 2.80. The summed E-state index contributed by atoms with van der Waals surface area (Å²) < 4.78 is 6.01. The van der Waals surface area contributed by atoms with Crippen LogP contribution in [0.1, 0.15) is 46.1 Å². The molecule has 28 heavy (non-hydrogen) atoms. The number of rotatable bonds is 2. The van der Waals surface area contributed by atoms with E-state index in [0.29, 0.717) is 27.5 Å². The summed E-state index contributed by atoms with van der Waals surface area (Å²) in [4.78, 5) is 14.2. The van der Waals surface area contributed by atoms with Gasteiger partial charge in [-0.15, -0.1) is 11.3 Å². The minimum atomic E-state index is -0.405. The van der Waals surface area contributed by atoms with Crippen molar-refractivity contribution in [1.82, 2.24) is 5.32 Å².